The molecule has 1 amide bonds. The number of aliphatic hydroxyl groups is 1. The summed E-state index contributed by atoms with van der Waals surface area (Å²) < 4.78 is 7.12. The molecule has 3 heterocycles. The number of carbonyl (C=O) groups is 1. The Bertz CT molecular complexity index is 1140. The summed E-state index contributed by atoms with van der Waals surface area (Å²) in [6, 6.07) is 6.97. The Balaban J connectivity index is 1.54. The first-order chi connectivity index (χ1) is 15.4. The zero-order valence-corrected chi connectivity index (χ0v) is 17.9. The van der Waals surface area contributed by atoms with Crippen molar-refractivity contribution >= 4 is 23.2 Å². The molecule has 10 heteroatoms. The Labute approximate surface area is 185 Å². The van der Waals surface area contributed by atoms with Gasteiger partial charge in [0.1, 0.15) is 5.75 Å². The van der Waals surface area contributed by atoms with E-state index >= 15 is 0 Å². The topological polar surface area (TPSA) is 117 Å². The molecule has 0 atom stereocenters. The predicted molar refractivity (Wildman–Crippen MR) is 120 cm³/mol. The maximum Gasteiger partial charge on any atom is 0.247 e. The van der Waals surface area contributed by atoms with Crippen molar-refractivity contribution in [2.24, 2.45) is 0 Å². The third-order valence-electron chi connectivity index (χ3n) is 5.11. The molecule has 0 unspecified atom stereocenters. The number of aromatic nitrogens is 4. The minimum Gasteiger partial charge on any atom is -0.495 e. The number of nitrogens with one attached hydrogen (secondary N) is 2. The number of carbonyl (C=O) groups excluding carboxylic acids is 1. The number of aryl methyl sites for hydroxylation is 1. The number of likely N-dealkylation sites (tertiary alicyclic amines) is 1. The molecule has 0 aliphatic carbocycles. The normalized spacial score (nSPS) is 14.0. The standard InChI is InChI=1S/C22H25N7O3/c1-4-21(31)24-16-5-6-19(32-3)18(9-16)25-22-23-8-7-20(26-22)29-11-15(14(2)27-29)10-28-12-17(30)13-28/h4-9,11,17,30H,1,10,12-13H2,2-3H3,(H,24,31)(H,23,25,26). The highest BCUT2D eigenvalue weighted by Crippen LogP contribution is 2.30. The quantitative estimate of drug-likeness (QED) is 0.460. The van der Waals surface area contributed by atoms with Gasteiger partial charge in [0.15, 0.2) is 5.82 Å². The summed E-state index contributed by atoms with van der Waals surface area (Å²) in [4.78, 5) is 22.6. The van der Waals surface area contributed by atoms with E-state index in [1.54, 1.807) is 42.3 Å². The number of nitrogens with zero attached hydrogens (tertiary/aromatic N) is 5. The van der Waals surface area contributed by atoms with Gasteiger partial charge in [0.05, 0.1) is 24.6 Å². The summed E-state index contributed by atoms with van der Waals surface area (Å²) in [5, 5.41) is 19.9. The average molecular weight is 435 g/mol. The van der Waals surface area contributed by atoms with Crippen molar-refractivity contribution in [3.63, 3.8) is 0 Å². The first-order valence-corrected chi connectivity index (χ1v) is 10.1. The summed E-state index contributed by atoms with van der Waals surface area (Å²) in [7, 11) is 1.56. The number of aliphatic hydroxyl groups excluding tert-OH is 1. The number of hydrogen-bond acceptors (Lipinski definition) is 8. The number of amides is 1. The number of benzene rings is 1. The van der Waals surface area contributed by atoms with Crippen molar-refractivity contribution in [1.29, 1.82) is 0 Å². The third-order valence-corrected chi connectivity index (χ3v) is 5.11. The lowest BCUT2D eigenvalue weighted by Crippen LogP contribution is -2.49. The van der Waals surface area contributed by atoms with Gasteiger partial charge in [-0.05, 0) is 31.2 Å². The van der Waals surface area contributed by atoms with Crippen LogP contribution in [0.2, 0.25) is 0 Å². The molecule has 1 saturated heterocycles. The van der Waals surface area contributed by atoms with E-state index in [4.69, 9.17) is 4.74 Å². The molecule has 3 aromatic rings. The van der Waals surface area contributed by atoms with E-state index in [0.717, 1.165) is 17.8 Å². The van der Waals surface area contributed by atoms with Crippen molar-refractivity contribution in [1.82, 2.24) is 24.6 Å². The smallest absolute Gasteiger partial charge is 0.247 e. The first-order valence-electron chi connectivity index (χ1n) is 10.1. The van der Waals surface area contributed by atoms with Gasteiger partial charge in [-0.3, -0.25) is 9.69 Å². The van der Waals surface area contributed by atoms with Crippen LogP contribution >= 0.6 is 0 Å². The van der Waals surface area contributed by atoms with Crippen LogP contribution in [0.15, 0.2) is 49.3 Å². The molecule has 1 aliphatic rings. The second kappa shape index (κ2) is 9.16. The summed E-state index contributed by atoms with van der Waals surface area (Å²) >= 11 is 0. The van der Waals surface area contributed by atoms with Gasteiger partial charge in [0.25, 0.3) is 0 Å². The molecule has 1 aliphatic heterocycles. The van der Waals surface area contributed by atoms with Crippen molar-refractivity contribution in [3.05, 3.63) is 60.6 Å². The minimum atomic E-state index is -0.308. The van der Waals surface area contributed by atoms with E-state index < -0.39 is 0 Å². The van der Waals surface area contributed by atoms with Gasteiger partial charge in [-0.2, -0.15) is 10.1 Å². The van der Waals surface area contributed by atoms with Crippen molar-refractivity contribution in [2.45, 2.75) is 19.6 Å². The van der Waals surface area contributed by atoms with Crippen molar-refractivity contribution in [3.8, 4) is 11.6 Å². The summed E-state index contributed by atoms with van der Waals surface area (Å²) in [6.07, 6.45) is 4.55. The number of methoxy groups -OCH3 is 1. The van der Waals surface area contributed by atoms with Crippen LogP contribution in [0.5, 0.6) is 5.75 Å². The monoisotopic (exact) mass is 435 g/mol. The van der Waals surface area contributed by atoms with Gasteiger partial charge in [0.2, 0.25) is 11.9 Å². The van der Waals surface area contributed by atoms with Crippen molar-refractivity contribution in [2.75, 3.05) is 30.8 Å². The zero-order valence-electron chi connectivity index (χ0n) is 17.9. The highest BCUT2D eigenvalue weighted by Gasteiger charge is 2.25. The summed E-state index contributed by atoms with van der Waals surface area (Å²) in [5.74, 6) is 1.23. The second-order valence-electron chi connectivity index (χ2n) is 7.50. The summed E-state index contributed by atoms with van der Waals surface area (Å²) in [6.45, 7) is 7.51. The Morgan fingerprint density at radius 3 is 2.91 bits per heavy atom. The van der Waals surface area contributed by atoms with E-state index in [1.807, 2.05) is 13.1 Å². The predicted octanol–water partition coefficient (Wildman–Crippen LogP) is 2.02. The Morgan fingerprint density at radius 2 is 2.19 bits per heavy atom. The van der Waals surface area contributed by atoms with Crippen LogP contribution in [0.4, 0.5) is 17.3 Å². The number of ether oxygens (including phenoxy) is 1. The maximum absolute atomic E-state index is 11.6. The number of rotatable bonds is 8. The van der Waals surface area contributed by atoms with Gasteiger partial charge in [-0.25, -0.2) is 9.67 Å². The zero-order chi connectivity index (χ0) is 22.7. The summed E-state index contributed by atoms with van der Waals surface area (Å²) in [5.41, 5.74) is 3.17. The second-order valence-corrected chi connectivity index (χ2v) is 7.50. The van der Waals surface area contributed by atoms with Crippen LogP contribution in [0.1, 0.15) is 11.3 Å². The van der Waals surface area contributed by atoms with E-state index in [1.165, 1.54) is 6.08 Å². The fourth-order valence-corrected chi connectivity index (χ4v) is 3.42. The highest BCUT2D eigenvalue weighted by atomic mass is 16.5. The van der Waals surface area contributed by atoms with Gasteiger partial charge in [-0.15, -0.1) is 0 Å². The highest BCUT2D eigenvalue weighted by molar-refractivity contribution is 5.99. The Kier molecular flexibility index (Phi) is 6.15. The molecule has 0 bridgehead atoms. The van der Waals surface area contributed by atoms with Crippen LogP contribution < -0.4 is 15.4 Å². The molecule has 1 aromatic carbocycles. The van der Waals surface area contributed by atoms with Crippen LogP contribution in [-0.4, -0.2) is 62.0 Å². The van der Waals surface area contributed by atoms with E-state index in [9.17, 15) is 9.90 Å². The molecular weight excluding hydrogens is 410 g/mol. The first kappa shape index (κ1) is 21.5. The largest absolute Gasteiger partial charge is 0.495 e. The third kappa shape index (κ3) is 4.76. The molecule has 0 radical (unpaired) electrons. The lowest BCUT2D eigenvalue weighted by atomic mass is 10.1. The number of β-amino-alcohol motifs (C(OH)–C–C–N with tert-alkyl or cyclic N) is 1. The molecule has 3 N–H and O–H groups in total. The Hall–Kier alpha value is -3.76. The van der Waals surface area contributed by atoms with Gasteiger partial charge >= 0.3 is 0 Å². The Morgan fingerprint density at radius 1 is 1.38 bits per heavy atom. The SMILES string of the molecule is C=CC(=O)Nc1ccc(OC)c(Nc2nccc(-n3cc(CN4CC(O)C4)c(C)n3)n2)c1. The van der Waals surface area contributed by atoms with Crippen LogP contribution in [-0.2, 0) is 11.3 Å². The fraction of sp³-hybridized carbons (Fsp3) is 0.273. The number of anilines is 3. The lowest BCUT2D eigenvalue weighted by molar-refractivity contribution is -0.111. The van der Waals surface area contributed by atoms with E-state index in [0.29, 0.717) is 42.0 Å². The molecule has 2 aromatic heterocycles. The van der Waals surface area contributed by atoms with Gasteiger partial charge in [0, 0.05) is 49.3 Å². The lowest BCUT2D eigenvalue weighted by Gasteiger charge is -2.35. The van der Waals surface area contributed by atoms with E-state index in [-0.39, 0.29) is 12.0 Å². The molecule has 32 heavy (non-hydrogen) atoms. The van der Waals surface area contributed by atoms with E-state index in [2.05, 4.69) is 37.2 Å². The fourth-order valence-electron chi connectivity index (χ4n) is 3.42. The minimum absolute atomic E-state index is 0.235. The molecule has 4 rings (SSSR count). The van der Waals surface area contributed by atoms with Crippen molar-refractivity contribution < 1.29 is 14.6 Å². The molecule has 10 nitrogen and oxygen atoms in total. The van der Waals surface area contributed by atoms with Gasteiger partial charge < -0.3 is 20.5 Å². The maximum atomic E-state index is 11.6. The van der Waals surface area contributed by atoms with Gasteiger partial charge in [-0.1, -0.05) is 6.58 Å². The number of hydrogen-bond donors (Lipinski definition) is 3. The van der Waals surface area contributed by atoms with Crippen LogP contribution in [0.3, 0.4) is 0 Å². The van der Waals surface area contributed by atoms with Crippen LogP contribution in [0.25, 0.3) is 5.82 Å². The molecule has 1 fully saturated rings. The molecular formula is C22H25N7O3. The van der Waals surface area contributed by atoms with Crippen LogP contribution in [0, 0.1) is 6.92 Å². The molecule has 0 spiro atoms. The molecule has 166 valence electrons. The molecule has 0 saturated carbocycles. The average Bonchev–Trinajstić information content (AvgIpc) is 3.13.